The molecule has 3 aromatic rings. The predicted octanol–water partition coefficient (Wildman–Crippen LogP) is 3.99. The van der Waals surface area contributed by atoms with Crippen molar-refractivity contribution in [3.05, 3.63) is 54.1 Å². The summed E-state index contributed by atoms with van der Waals surface area (Å²) in [6.07, 6.45) is 2.11. The molecule has 1 aromatic heterocycles. The highest BCUT2D eigenvalue weighted by molar-refractivity contribution is 7.22. The summed E-state index contributed by atoms with van der Waals surface area (Å²) in [5, 5.41) is 3.43. The van der Waals surface area contributed by atoms with Crippen LogP contribution in [0.4, 0.5) is 10.8 Å². The highest BCUT2D eigenvalue weighted by atomic mass is 32.1. The Morgan fingerprint density at radius 1 is 1.15 bits per heavy atom. The molecule has 1 aliphatic heterocycles. The van der Waals surface area contributed by atoms with Crippen molar-refractivity contribution in [2.75, 3.05) is 10.2 Å². The third kappa shape index (κ3) is 3.08. The number of hydrogen-bond donors (Lipinski definition) is 1. The van der Waals surface area contributed by atoms with E-state index in [4.69, 9.17) is 0 Å². The van der Waals surface area contributed by atoms with Gasteiger partial charge in [-0.05, 0) is 43.5 Å². The van der Waals surface area contributed by atoms with Crippen LogP contribution in [0.2, 0.25) is 0 Å². The van der Waals surface area contributed by atoms with E-state index in [2.05, 4.69) is 10.3 Å². The Balaban J connectivity index is 1.60. The maximum absolute atomic E-state index is 12.8. The number of fused-ring (bicyclic) bond motifs is 2. The Morgan fingerprint density at radius 3 is 2.77 bits per heavy atom. The Bertz CT molecular complexity index is 949. The van der Waals surface area contributed by atoms with Crippen molar-refractivity contribution < 1.29 is 9.59 Å². The predicted molar refractivity (Wildman–Crippen MR) is 105 cm³/mol. The van der Waals surface area contributed by atoms with E-state index in [1.807, 2.05) is 48.5 Å². The number of carbonyl (C=O) groups excluding carboxylic acids is 2. The molecule has 6 heteroatoms. The number of thiazole rings is 1. The van der Waals surface area contributed by atoms with Crippen molar-refractivity contribution in [1.29, 1.82) is 0 Å². The SMILES string of the molecule is CC(C(=O)Nc1nc2ccccc2s1)N1C(=O)CCCc2ccccc21. The molecule has 0 saturated heterocycles. The van der Waals surface area contributed by atoms with Crippen molar-refractivity contribution in [1.82, 2.24) is 4.98 Å². The largest absolute Gasteiger partial charge is 0.300 e. The zero-order chi connectivity index (χ0) is 18.1. The molecule has 132 valence electrons. The first kappa shape index (κ1) is 16.7. The molecule has 1 N–H and O–H groups in total. The first-order valence-electron chi connectivity index (χ1n) is 8.70. The van der Waals surface area contributed by atoms with E-state index in [1.54, 1.807) is 11.8 Å². The fourth-order valence-electron chi connectivity index (χ4n) is 3.32. The molecule has 0 radical (unpaired) electrons. The lowest BCUT2D eigenvalue weighted by Crippen LogP contribution is -2.45. The number of aryl methyl sites for hydroxylation is 1. The van der Waals surface area contributed by atoms with Crippen molar-refractivity contribution in [3.63, 3.8) is 0 Å². The molecular weight excluding hydrogens is 346 g/mol. The van der Waals surface area contributed by atoms with Gasteiger partial charge in [-0.15, -0.1) is 0 Å². The standard InChI is InChI=1S/C20H19N3O2S/c1-13(19(25)22-20-21-15-9-3-5-11-17(15)26-20)23-16-10-4-2-7-14(16)8-6-12-18(23)24/h2-5,7,9-11,13H,6,8,12H2,1H3,(H,21,22,25). The van der Waals surface area contributed by atoms with Crippen LogP contribution in [-0.4, -0.2) is 22.8 Å². The van der Waals surface area contributed by atoms with E-state index < -0.39 is 6.04 Å². The molecule has 0 spiro atoms. The van der Waals surface area contributed by atoms with E-state index in [1.165, 1.54) is 11.3 Å². The number of anilines is 2. The van der Waals surface area contributed by atoms with Gasteiger partial charge in [0.2, 0.25) is 11.8 Å². The third-order valence-electron chi connectivity index (χ3n) is 4.65. The molecule has 1 aliphatic rings. The maximum atomic E-state index is 12.8. The molecule has 0 bridgehead atoms. The summed E-state index contributed by atoms with van der Waals surface area (Å²) in [6, 6.07) is 15.0. The second kappa shape index (κ2) is 6.88. The molecule has 0 saturated carbocycles. The van der Waals surface area contributed by atoms with Gasteiger partial charge in [-0.1, -0.05) is 41.7 Å². The van der Waals surface area contributed by atoms with Gasteiger partial charge in [0.05, 0.1) is 10.2 Å². The molecule has 5 nitrogen and oxygen atoms in total. The van der Waals surface area contributed by atoms with Crippen LogP contribution in [0.15, 0.2) is 48.5 Å². The Hall–Kier alpha value is -2.73. The van der Waals surface area contributed by atoms with Crippen LogP contribution in [0.5, 0.6) is 0 Å². The smallest absolute Gasteiger partial charge is 0.249 e. The van der Waals surface area contributed by atoms with Gasteiger partial charge < -0.3 is 5.32 Å². The first-order chi connectivity index (χ1) is 12.6. The second-order valence-corrected chi connectivity index (χ2v) is 7.43. The normalized spacial score (nSPS) is 15.4. The molecule has 2 amide bonds. The summed E-state index contributed by atoms with van der Waals surface area (Å²) in [4.78, 5) is 31.5. The van der Waals surface area contributed by atoms with Gasteiger partial charge in [-0.2, -0.15) is 0 Å². The van der Waals surface area contributed by atoms with Gasteiger partial charge in [0.25, 0.3) is 0 Å². The van der Waals surface area contributed by atoms with Gasteiger partial charge >= 0.3 is 0 Å². The summed E-state index contributed by atoms with van der Waals surface area (Å²) in [7, 11) is 0. The van der Waals surface area contributed by atoms with Crippen LogP contribution in [-0.2, 0) is 16.0 Å². The zero-order valence-electron chi connectivity index (χ0n) is 14.4. The van der Waals surface area contributed by atoms with Crippen LogP contribution in [0.1, 0.15) is 25.3 Å². The number of rotatable bonds is 3. The van der Waals surface area contributed by atoms with Crippen molar-refractivity contribution >= 4 is 44.2 Å². The van der Waals surface area contributed by atoms with Gasteiger partial charge in [0, 0.05) is 12.1 Å². The number of nitrogens with one attached hydrogen (secondary N) is 1. The molecular formula is C20H19N3O2S. The Morgan fingerprint density at radius 2 is 1.92 bits per heavy atom. The zero-order valence-corrected chi connectivity index (χ0v) is 15.3. The van der Waals surface area contributed by atoms with Gasteiger partial charge in [-0.3, -0.25) is 14.5 Å². The molecule has 4 rings (SSSR count). The monoisotopic (exact) mass is 365 g/mol. The Labute approximate surface area is 155 Å². The van der Waals surface area contributed by atoms with E-state index in [0.29, 0.717) is 11.6 Å². The highest BCUT2D eigenvalue weighted by Crippen LogP contribution is 2.30. The molecule has 0 aliphatic carbocycles. The van der Waals surface area contributed by atoms with Crippen LogP contribution in [0, 0.1) is 0 Å². The number of carbonyl (C=O) groups is 2. The van der Waals surface area contributed by atoms with Crippen molar-refractivity contribution in [2.45, 2.75) is 32.2 Å². The van der Waals surface area contributed by atoms with E-state index in [0.717, 1.165) is 34.3 Å². The van der Waals surface area contributed by atoms with Gasteiger partial charge in [0.15, 0.2) is 5.13 Å². The van der Waals surface area contributed by atoms with Gasteiger partial charge in [-0.25, -0.2) is 4.98 Å². The average Bonchev–Trinajstić information content (AvgIpc) is 2.97. The number of para-hydroxylation sites is 2. The fraction of sp³-hybridized carbons (Fsp3) is 0.250. The highest BCUT2D eigenvalue weighted by Gasteiger charge is 2.30. The van der Waals surface area contributed by atoms with Crippen molar-refractivity contribution in [2.24, 2.45) is 0 Å². The topological polar surface area (TPSA) is 62.3 Å². The lowest BCUT2D eigenvalue weighted by molar-refractivity contribution is -0.123. The minimum absolute atomic E-state index is 0.0121. The van der Waals surface area contributed by atoms with Crippen LogP contribution >= 0.6 is 11.3 Å². The number of aromatic nitrogens is 1. The average molecular weight is 365 g/mol. The number of benzene rings is 2. The summed E-state index contributed by atoms with van der Waals surface area (Å²) >= 11 is 1.43. The van der Waals surface area contributed by atoms with Crippen LogP contribution in [0.25, 0.3) is 10.2 Å². The lowest BCUT2D eigenvalue weighted by Gasteiger charge is -2.28. The number of nitrogens with zero attached hydrogens (tertiary/aromatic N) is 2. The molecule has 2 aromatic carbocycles. The van der Waals surface area contributed by atoms with E-state index >= 15 is 0 Å². The molecule has 1 unspecified atom stereocenters. The lowest BCUT2D eigenvalue weighted by atomic mass is 10.1. The Kier molecular flexibility index (Phi) is 4.42. The van der Waals surface area contributed by atoms with E-state index in [-0.39, 0.29) is 11.8 Å². The summed E-state index contributed by atoms with van der Waals surface area (Å²) < 4.78 is 1.02. The van der Waals surface area contributed by atoms with E-state index in [9.17, 15) is 9.59 Å². The third-order valence-corrected chi connectivity index (χ3v) is 5.60. The van der Waals surface area contributed by atoms with Crippen LogP contribution < -0.4 is 10.2 Å². The second-order valence-electron chi connectivity index (χ2n) is 6.40. The number of amides is 2. The fourth-order valence-corrected chi connectivity index (χ4v) is 4.19. The summed E-state index contributed by atoms with van der Waals surface area (Å²) in [5.74, 6) is -0.240. The minimum Gasteiger partial charge on any atom is -0.300 e. The van der Waals surface area contributed by atoms with Gasteiger partial charge in [0.1, 0.15) is 6.04 Å². The maximum Gasteiger partial charge on any atom is 0.249 e. The van der Waals surface area contributed by atoms with Crippen molar-refractivity contribution in [3.8, 4) is 0 Å². The quantitative estimate of drug-likeness (QED) is 0.763. The molecule has 2 heterocycles. The molecule has 1 atom stereocenters. The minimum atomic E-state index is -0.603. The van der Waals surface area contributed by atoms with Crippen LogP contribution in [0.3, 0.4) is 0 Å². The number of hydrogen-bond acceptors (Lipinski definition) is 4. The summed E-state index contributed by atoms with van der Waals surface area (Å²) in [6.45, 7) is 1.77. The summed E-state index contributed by atoms with van der Waals surface area (Å²) in [5.41, 5.74) is 2.80. The molecule has 0 fully saturated rings. The molecule has 26 heavy (non-hydrogen) atoms. The first-order valence-corrected chi connectivity index (χ1v) is 9.51.